The van der Waals surface area contributed by atoms with Crippen molar-refractivity contribution in [1.29, 1.82) is 0 Å². The smallest absolute Gasteiger partial charge is 0.341 e. The fourth-order valence-electron chi connectivity index (χ4n) is 3.51. The zero-order valence-electron chi connectivity index (χ0n) is 17.7. The Balaban J connectivity index is 1.72. The Morgan fingerprint density at radius 2 is 1.64 bits per heavy atom. The molecule has 1 heterocycles. The van der Waals surface area contributed by atoms with E-state index >= 15 is 0 Å². The minimum absolute atomic E-state index is 0.109. The summed E-state index contributed by atoms with van der Waals surface area (Å²) in [5, 5.41) is 1.54. The Bertz CT molecular complexity index is 1000. The molecule has 176 valence electrons. The van der Waals surface area contributed by atoms with Crippen molar-refractivity contribution in [3.63, 3.8) is 0 Å². The van der Waals surface area contributed by atoms with Crippen LogP contribution in [0.25, 0.3) is 0 Å². The molecule has 6 nitrogen and oxygen atoms in total. The maximum absolute atomic E-state index is 13.8. The van der Waals surface area contributed by atoms with Gasteiger partial charge in [0.1, 0.15) is 5.82 Å². The fraction of sp³-hybridized carbons (Fsp3) is 0.348. The first kappa shape index (κ1) is 24.2. The van der Waals surface area contributed by atoms with Crippen molar-refractivity contribution in [2.45, 2.75) is 32.0 Å². The van der Waals surface area contributed by atoms with Crippen molar-refractivity contribution >= 4 is 23.4 Å². The number of urea groups is 1. The van der Waals surface area contributed by atoms with Crippen LogP contribution >= 0.6 is 0 Å². The number of carbonyl (C=O) groups is 3. The number of nitrogens with one attached hydrogen (secondary N) is 1. The van der Waals surface area contributed by atoms with Gasteiger partial charge in [0, 0.05) is 24.3 Å². The number of amides is 3. The van der Waals surface area contributed by atoms with E-state index in [1.807, 2.05) is 0 Å². The molecular weight excluding hydrogens is 442 g/mol. The summed E-state index contributed by atoms with van der Waals surface area (Å²) in [7, 11) is 0. The summed E-state index contributed by atoms with van der Waals surface area (Å²) in [6, 6.07) is 11.4. The molecule has 1 N–H and O–H groups in total. The van der Waals surface area contributed by atoms with Gasteiger partial charge in [0.15, 0.2) is 5.78 Å². The molecule has 2 aromatic carbocycles. The second-order valence-corrected chi connectivity index (χ2v) is 7.70. The zero-order chi connectivity index (χ0) is 24.0. The van der Waals surface area contributed by atoms with Gasteiger partial charge in [-0.2, -0.15) is 13.2 Å². The molecule has 1 fully saturated rings. The van der Waals surface area contributed by atoms with Crippen LogP contribution < -0.4 is 10.2 Å². The Morgan fingerprint density at radius 3 is 2.24 bits per heavy atom. The normalized spacial score (nSPS) is 14.0. The highest BCUT2D eigenvalue weighted by molar-refractivity contribution is 5.99. The number of nitrogens with zero attached hydrogens (tertiary/aromatic N) is 2. The number of benzene rings is 2. The lowest BCUT2D eigenvalue weighted by atomic mass is 10.1. The number of hydrogen-bond acceptors (Lipinski definition) is 3. The quantitative estimate of drug-likeness (QED) is 0.511. The molecule has 0 spiro atoms. The molecular formula is C23H23F4N3O3. The molecule has 10 heteroatoms. The van der Waals surface area contributed by atoms with Gasteiger partial charge >= 0.3 is 18.1 Å². The Morgan fingerprint density at radius 1 is 0.970 bits per heavy atom. The number of anilines is 1. The lowest BCUT2D eigenvalue weighted by molar-refractivity contribution is -0.173. The number of ketones is 1. The molecule has 0 atom stereocenters. The third kappa shape index (κ3) is 6.53. The second-order valence-electron chi connectivity index (χ2n) is 7.70. The molecule has 1 aliphatic rings. The minimum atomic E-state index is -5.06. The summed E-state index contributed by atoms with van der Waals surface area (Å²) in [5.74, 6) is -3.36. The average molecular weight is 465 g/mol. The third-order valence-electron chi connectivity index (χ3n) is 5.26. The third-order valence-corrected chi connectivity index (χ3v) is 5.26. The van der Waals surface area contributed by atoms with E-state index in [-0.39, 0.29) is 18.1 Å². The molecule has 0 bridgehead atoms. The predicted octanol–water partition coefficient (Wildman–Crippen LogP) is 4.30. The van der Waals surface area contributed by atoms with E-state index in [1.54, 1.807) is 23.1 Å². The van der Waals surface area contributed by atoms with Crippen molar-refractivity contribution in [3.05, 3.63) is 65.5 Å². The Labute approximate surface area is 188 Å². The number of piperidine rings is 1. The van der Waals surface area contributed by atoms with Gasteiger partial charge in [0.2, 0.25) is 0 Å². The topological polar surface area (TPSA) is 69.7 Å². The standard InChI is InChI=1S/C23H23F4N3O3/c24-18-5-4-6-19(13-18)30(22(33)29-11-2-1-3-12-29)15-16-7-9-17(10-8-16)20(31)14-28-21(32)23(25,26)27/h4-10,13H,1-3,11-12,14-15H2,(H,28,32). The van der Waals surface area contributed by atoms with Crippen LogP contribution in [0, 0.1) is 5.82 Å². The van der Waals surface area contributed by atoms with E-state index < -0.39 is 30.2 Å². The maximum Gasteiger partial charge on any atom is 0.471 e. The summed E-state index contributed by atoms with van der Waals surface area (Å²) in [6.45, 7) is 0.544. The van der Waals surface area contributed by atoms with Gasteiger partial charge in [-0.15, -0.1) is 0 Å². The number of Topliss-reactive ketones (excluding diaryl/α,β-unsaturated/α-hetero) is 1. The van der Waals surface area contributed by atoms with Crippen LogP contribution in [-0.4, -0.2) is 48.4 Å². The van der Waals surface area contributed by atoms with E-state index in [4.69, 9.17) is 0 Å². The summed E-state index contributed by atoms with van der Waals surface area (Å²) >= 11 is 0. The predicted molar refractivity (Wildman–Crippen MR) is 113 cm³/mol. The van der Waals surface area contributed by atoms with Gasteiger partial charge < -0.3 is 10.2 Å². The summed E-state index contributed by atoms with van der Waals surface area (Å²) in [4.78, 5) is 39.3. The maximum atomic E-state index is 13.8. The number of hydrogen-bond donors (Lipinski definition) is 1. The molecule has 33 heavy (non-hydrogen) atoms. The molecule has 0 unspecified atom stereocenters. The molecule has 1 aliphatic heterocycles. The van der Waals surface area contributed by atoms with Crippen LogP contribution in [0.15, 0.2) is 48.5 Å². The van der Waals surface area contributed by atoms with Gasteiger partial charge in [-0.3, -0.25) is 14.5 Å². The number of rotatable bonds is 6. The van der Waals surface area contributed by atoms with Gasteiger partial charge in [0.25, 0.3) is 0 Å². The van der Waals surface area contributed by atoms with Crippen LogP contribution in [0.4, 0.5) is 28.0 Å². The van der Waals surface area contributed by atoms with E-state index in [0.717, 1.165) is 19.3 Å². The average Bonchev–Trinajstić information content (AvgIpc) is 2.80. The van der Waals surface area contributed by atoms with Crippen molar-refractivity contribution < 1.29 is 31.9 Å². The molecule has 0 aromatic heterocycles. The highest BCUT2D eigenvalue weighted by Gasteiger charge is 2.38. The van der Waals surface area contributed by atoms with Crippen LogP contribution in [0.3, 0.4) is 0 Å². The first-order chi connectivity index (χ1) is 15.6. The van der Waals surface area contributed by atoms with E-state index in [2.05, 4.69) is 0 Å². The Kier molecular flexibility index (Phi) is 7.67. The molecule has 0 aliphatic carbocycles. The van der Waals surface area contributed by atoms with Gasteiger partial charge in [-0.05, 0) is 43.0 Å². The van der Waals surface area contributed by atoms with Gasteiger partial charge in [-0.1, -0.05) is 30.3 Å². The molecule has 1 saturated heterocycles. The zero-order valence-corrected chi connectivity index (χ0v) is 17.7. The van der Waals surface area contributed by atoms with E-state index in [9.17, 15) is 31.9 Å². The molecule has 3 rings (SSSR count). The van der Waals surface area contributed by atoms with Crippen LogP contribution in [-0.2, 0) is 11.3 Å². The number of alkyl halides is 3. The van der Waals surface area contributed by atoms with Gasteiger partial charge in [0.05, 0.1) is 13.1 Å². The van der Waals surface area contributed by atoms with Crippen molar-refractivity contribution in [1.82, 2.24) is 10.2 Å². The largest absolute Gasteiger partial charge is 0.471 e. The van der Waals surface area contributed by atoms with E-state index in [1.165, 1.54) is 40.5 Å². The number of carbonyl (C=O) groups excluding carboxylic acids is 3. The lowest BCUT2D eigenvalue weighted by Crippen LogP contribution is -2.45. The number of halogens is 4. The summed E-state index contributed by atoms with van der Waals surface area (Å²) in [5.41, 5.74) is 1.14. The lowest BCUT2D eigenvalue weighted by Gasteiger charge is -2.33. The van der Waals surface area contributed by atoms with Crippen molar-refractivity contribution in [2.24, 2.45) is 0 Å². The monoisotopic (exact) mass is 465 g/mol. The fourth-order valence-corrected chi connectivity index (χ4v) is 3.51. The molecule has 2 aromatic rings. The van der Waals surface area contributed by atoms with Crippen molar-refractivity contribution in [2.75, 3.05) is 24.5 Å². The van der Waals surface area contributed by atoms with E-state index in [0.29, 0.717) is 24.3 Å². The highest BCUT2D eigenvalue weighted by atomic mass is 19.4. The first-order valence-electron chi connectivity index (χ1n) is 10.4. The number of likely N-dealkylation sites (tertiary alicyclic amines) is 1. The molecule has 3 amide bonds. The summed E-state index contributed by atoms with van der Waals surface area (Å²) in [6.07, 6.45) is -2.23. The van der Waals surface area contributed by atoms with Crippen LogP contribution in [0.1, 0.15) is 35.2 Å². The molecule has 0 saturated carbocycles. The summed E-state index contributed by atoms with van der Waals surface area (Å²) < 4.78 is 50.6. The van der Waals surface area contributed by atoms with Crippen LogP contribution in [0.5, 0.6) is 0 Å². The SMILES string of the molecule is O=C(CNC(=O)C(F)(F)F)c1ccc(CN(C(=O)N2CCCCC2)c2cccc(F)c2)cc1. The Hall–Kier alpha value is -3.43. The van der Waals surface area contributed by atoms with Crippen LogP contribution in [0.2, 0.25) is 0 Å². The molecule has 0 radical (unpaired) electrons. The second kappa shape index (κ2) is 10.5. The van der Waals surface area contributed by atoms with Gasteiger partial charge in [-0.25, -0.2) is 9.18 Å². The highest BCUT2D eigenvalue weighted by Crippen LogP contribution is 2.22. The minimum Gasteiger partial charge on any atom is -0.341 e. The van der Waals surface area contributed by atoms with Crippen molar-refractivity contribution in [3.8, 4) is 0 Å². The first-order valence-corrected chi connectivity index (χ1v) is 10.4.